The highest BCUT2D eigenvalue weighted by Crippen LogP contribution is 2.22. The van der Waals surface area contributed by atoms with Crippen LogP contribution in [0.3, 0.4) is 0 Å². The number of carbonyl (C=O) groups is 1. The van der Waals surface area contributed by atoms with E-state index < -0.39 is 5.97 Å². The number of carboxylic acids is 1. The molecule has 0 amide bonds. The maximum Gasteiger partial charge on any atom is 0.328 e. The largest absolute Gasteiger partial charge is 0.478 e. The Hall–Kier alpha value is -2.44. The molecule has 1 aromatic heterocycles. The van der Waals surface area contributed by atoms with Crippen molar-refractivity contribution in [2.45, 2.75) is 6.54 Å². The van der Waals surface area contributed by atoms with Crippen LogP contribution in [-0.2, 0) is 11.3 Å². The fourth-order valence-electron chi connectivity index (χ4n) is 1.76. The zero-order chi connectivity index (χ0) is 16.8. The topological polar surface area (TPSA) is 99.0 Å². The predicted octanol–water partition coefficient (Wildman–Crippen LogP) is 3.40. The summed E-state index contributed by atoms with van der Waals surface area (Å²) in [5, 5.41) is 20.7. The minimum atomic E-state index is -1.13. The van der Waals surface area contributed by atoms with Crippen molar-refractivity contribution in [1.82, 2.24) is 9.97 Å². The standard InChI is InChI=1S/C15H12Cl2N4O2/c16-10-2-1-9(11(17)5-10)6-20-13-7-19-8-21-15(13)12(18)3-4-14(22)23/h1-5,7-8,18,20H,6H2,(H,22,23)/b4-3+,18-12?. The third-order valence-electron chi connectivity index (χ3n) is 2.84. The van der Waals surface area contributed by atoms with Crippen molar-refractivity contribution < 1.29 is 9.90 Å². The van der Waals surface area contributed by atoms with Crippen LogP contribution in [0.1, 0.15) is 11.3 Å². The number of benzene rings is 1. The van der Waals surface area contributed by atoms with Gasteiger partial charge in [-0.2, -0.15) is 0 Å². The Balaban J connectivity index is 2.17. The molecule has 0 spiro atoms. The van der Waals surface area contributed by atoms with Crippen molar-refractivity contribution in [2.24, 2.45) is 0 Å². The first-order chi connectivity index (χ1) is 11.0. The molecule has 118 valence electrons. The Labute approximate surface area is 142 Å². The number of hydrogen-bond donors (Lipinski definition) is 3. The molecule has 0 aliphatic carbocycles. The highest BCUT2D eigenvalue weighted by atomic mass is 35.5. The lowest BCUT2D eigenvalue weighted by Gasteiger charge is -2.11. The maximum atomic E-state index is 10.5. The van der Waals surface area contributed by atoms with E-state index in [2.05, 4.69) is 15.3 Å². The smallest absolute Gasteiger partial charge is 0.328 e. The number of nitrogens with zero attached hydrogens (tertiary/aromatic N) is 2. The van der Waals surface area contributed by atoms with Crippen molar-refractivity contribution >= 4 is 40.6 Å². The lowest BCUT2D eigenvalue weighted by molar-refractivity contribution is -0.131. The van der Waals surface area contributed by atoms with Gasteiger partial charge in [-0.25, -0.2) is 14.8 Å². The van der Waals surface area contributed by atoms with Gasteiger partial charge in [0.05, 0.1) is 17.6 Å². The highest BCUT2D eigenvalue weighted by molar-refractivity contribution is 6.35. The van der Waals surface area contributed by atoms with E-state index in [1.165, 1.54) is 12.5 Å². The number of halogens is 2. The van der Waals surface area contributed by atoms with Crippen LogP contribution in [0, 0.1) is 5.41 Å². The second-order valence-corrected chi connectivity index (χ2v) is 5.30. The van der Waals surface area contributed by atoms with Gasteiger partial charge in [0.1, 0.15) is 12.0 Å². The van der Waals surface area contributed by atoms with Gasteiger partial charge in [0.25, 0.3) is 0 Å². The molecule has 3 N–H and O–H groups in total. The third-order valence-corrected chi connectivity index (χ3v) is 3.43. The van der Waals surface area contributed by atoms with Crippen molar-refractivity contribution in [3.05, 3.63) is 64.2 Å². The third kappa shape index (κ3) is 4.77. The summed E-state index contributed by atoms with van der Waals surface area (Å²) in [7, 11) is 0. The number of hydrogen-bond acceptors (Lipinski definition) is 5. The fraction of sp³-hybridized carbons (Fsp3) is 0.0667. The summed E-state index contributed by atoms with van der Waals surface area (Å²) >= 11 is 12.0. The van der Waals surface area contributed by atoms with Crippen LogP contribution in [0.5, 0.6) is 0 Å². The van der Waals surface area contributed by atoms with Crippen LogP contribution in [0.2, 0.25) is 10.0 Å². The molecule has 0 fully saturated rings. The number of anilines is 1. The second kappa shape index (κ2) is 7.71. The van der Waals surface area contributed by atoms with E-state index in [0.29, 0.717) is 28.0 Å². The Morgan fingerprint density at radius 1 is 1.35 bits per heavy atom. The first kappa shape index (κ1) is 16.9. The lowest BCUT2D eigenvalue weighted by Crippen LogP contribution is -2.09. The van der Waals surface area contributed by atoms with Crippen LogP contribution in [0.4, 0.5) is 5.69 Å². The molecule has 0 atom stereocenters. The van der Waals surface area contributed by atoms with Crippen molar-refractivity contribution in [1.29, 1.82) is 5.41 Å². The zero-order valence-corrected chi connectivity index (χ0v) is 13.3. The average molecular weight is 351 g/mol. The number of nitrogens with one attached hydrogen (secondary N) is 2. The van der Waals surface area contributed by atoms with Gasteiger partial charge in [-0.1, -0.05) is 29.3 Å². The van der Waals surface area contributed by atoms with Crippen LogP contribution >= 0.6 is 23.2 Å². The Kier molecular flexibility index (Phi) is 5.67. The number of allylic oxidation sites excluding steroid dienone is 1. The summed E-state index contributed by atoms with van der Waals surface area (Å²) in [6, 6.07) is 5.15. The summed E-state index contributed by atoms with van der Waals surface area (Å²) in [6.45, 7) is 0.381. The average Bonchev–Trinajstić information content (AvgIpc) is 2.52. The molecule has 0 aliphatic rings. The SMILES string of the molecule is N=C(/C=C/C(=O)O)c1ncncc1NCc1ccc(Cl)cc1Cl. The molecule has 8 heteroatoms. The molecule has 2 aromatic rings. The number of aliphatic carboxylic acids is 1. The molecule has 6 nitrogen and oxygen atoms in total. The van der Waals surface area contributed by atoms with E-state index in [1.54, 1.807) is 18.2 Å². The van der Waals surface area contributed by atoms with Crippen LogP contribution in [-0.4, -0.2) is 26.8 Å². The molecule has 2 rings (SSSR count). The Morgan fingerprint density at radius 3 is 2.83 bits per heavy atom. The molecule has 0 unspecified atom stereocenters. The summed E-state index contributed by atoms with van der Waals surface area (Å²) in [5.41, 5.74) is 1.57. The molecule has 1 heterocycles. The second-order valence-electron chi connectivity index (χ2n) is 4.46. The van der Waals surface area contributed by atoms with E-state index in [4.69, 9.17) is 33.7 Å². The molecule has 0 bridgehead atoms. The summed E-state index contributed by atoms with van der Waals surface area (Å²) in [6.07, 6.45) is 4.84. The maximum absolute atomic E-state index is 10.5. The number of rotatable bonds is 6. The monoisotopic (exact) mass is 350 g/mol. The van der Waals surface area contributed by atoms with Crippen LogP contribution in [0.25, 0.3) is 0 Å². The van der Waals surface area contributed by atoms with Gasteiger partial charge < -0.3 is 10.4 Å². The molecular formula is C15H12Cl2N4O2. The van der Waals surface area contributed by atoms with Crippen LogP contribution < -0.4 is 5.32 Å². The van der Waals surface area contributed by atoms with E-state index in [1.807, 2.05) is 0 Å². The molecule has 0 saturated heterocycles. The Morgan fingerprint density at radius 2 is 2.13 bits per heavy atom. The molecule has 0 aliphatic heterocycles. The van der Waals surface area contributed by atoms with E-state index in [9.17, 15) is 4.79 Å². The lowest BCUT2D eigenvalue weighted by atomic mass is 10.2. The Bertz CT molecular complexity index is 778. The first-order valence-corrected chi connectivity index (χ1v) is 7.20. The fourth-order valence-corrected chi connectivity index (χ4v) is 2.24. The van der Waals surface area contributed by atoms with E-state index in [-0.39, 0.29) is 5.71 Å². The van der Waals surface area contributed by atoms with Gasteiger partial charge in [0.15, 0.2) is 0 Å². The summed E-state index contributed by atoms with van der Waals surface area (Å²) in [5.74, 6) is -1.13. The van der Waals surface area contributed by atoms with Gasteiger partial charge in [-0.15, -0.1) is 0 Å². The quantitative estimate of drug-likeness (QED) is 0.547. The minimum absolute atomic E-state index is 0.0421. The predicted molar refractivity (Wildman–Crippen MR) is 89.4 cm³/mol. The van der Waals surface area contributed by atoms with Gasteiger partial charge in [0, 0.05) is 22.7 Å². The normalized spacial score (nSPS) is 10.7. The molecule has 0 saturated carbocycles. The summed E-state index contributed by atoms with van der Waals surface area (Å²) in [4.78, 5) is 18.5. The van der Waals surface area contributed by atoms with Crippen molar-refractivity contribution in [3.63, 3.8) is 0 Å². The van der Waals surface area contributed by atoms with Gasteiger partial charge in [-0.3, -0.25) is 5.41 Å². The minimum Gasteiger partial charge on any atom is -0.478 e. The van der Waals surface area contributed by atoms with Crippen LogP contribution in [0.15, 0.2) is 42.9 Å². The van der Waals surface area contributed by atoms with Crippen molar-refractivity contribution in [2.75, 3.05) is 5.32 Å². The van der Waals surface area contributed by atoms with Gasteiger partial charge in [-0.05, 0) is 23.8 Å². The molecule has 1 aromatic carbocycles. The molecular weight excluding hydrogens is 339 g/mol. The van der Waals surface area contributed by atoms with E-state index >= 15 is 0 Å². The number of aromatic nitrogens is 2. The van der Waals surface area contributed by atoms with E-state index in [0.717, 1.165) is 17.7 Å². The summed E-state index contributed by atoms with van der Waals surface area (Å²) < 4.78 is 0. The van der Waals surface area contributed by atoms with Crippen molar-refractivity contribution in [3.8, 4) is 0 Å². The number of carboxylic acid groups (broad SMARTS) is 1. The van der Waals surface area contributed by atoms with Gasteiger partial charge >= 0.3 is 5.97 Å². The molecule has 23 heavy (non-hydrogen) atoms. The highest BCUT2D eigenvalue weighted by Gasteiger charge is 2.09. The first-order valence-electron chi connectivity index (χ1n) is 6.45. The zero-order valence-electron chi connectivity index (χ0n) is 11.8. The van der Waals surface area contributed by atoms with Gasteiger partial charge in [0.2, 0.25) is 0 Å². The molecule has 0 radical (unpaired) electrons.